The zero-order valence-electron chi connectivity index (χ0n) is 4.29. The third-order valence-corrected chi connectivity index (χ3v) is 2.71. The van der Waals surface area contributed by atoms with Gasteiger partial charge in [-0.05, 0) is 13.1 Å². The van der Waals surface area contributed by atoms with Crippen molar-refractivity contribution in [2.24, 2.45) is 0 Å². The smallest absolute Gasteiger partial charge is 0.180 e. The SMILES string of the molecule is C[SiH](C)O[P+](=O)O. The predicted molar refractivity (Wildman–Crippen MR) is 29.8 cm³/mol. The molecule has 0 fully saturated rings. The Balaban J connectivity index is 3.13. The van der Waals surface area contributed by atoms with Gasteiger partial charge >= 0.3 is 8.25 Å². The van der Waals surface area contributed by atoms with Gasteiger partial charge in [0.05, 0.1) is 0 Å². The molecule has 0 rings (SSSR count). The maximum atomic E-state index is 9.77. The van der Waals surface area contributed by atoms with Gasteiger partial charge in [0.2, 0.25) is 9.04 Å². The van der Waals surface area contributed by atoms with Crippen LogP contribution in [-0.2, 0) is 8.78 Å². The van der Waals surface area contributed by atoms with Crippen molar-refractivity contribution in [3.05, 3.63) is 0 Å². The minimum Gasteiger partial charge on any atom is -0.180 e. The molecule has 1 N–H and O–H groups in total. The van der Waals surface area contributed by atoms with E-state index >= 15 is 0 Å². The highest BCUT2D eigenvalue weighted by Crippen LogP contribution is 2.15. The van der Waals surface area contributed by atoms with E-state index in [-0.39, 0.29) is 0 Å². The molecule has 0 bridgehead atoms. The van der Waals surface area contributed by atoms with Crippen LogP contribution in [0.4, 0.5) is 0 Å². The van der Waals surface area contributed by atoms with Crippen LogP contribution in [0.3, 0.4) is 0 Å². The van der Waals surface area contributed by atoms with Gasteiger partial charge in [-0.25, -0.2) is 0 Å². The Morgan fingerprint density at radius 2 is 2.14 bits per heavy atom. The van der Waals surface area contributed by atoms with Crippen molar-refractivity contribution in [2.45, 2.75) is 13.1 Å². The lowest BCUT2D eigenvalue weighted by Gasteiger charge is -1.83. The van der Waals surface area contributed by atoms with E-state index in [1.165, 1.54) is 0 Å². The first-order chi connectivity index (χ1) is 3.13. The van der Waals surface area contributed by atoms with Crippen molar-refractivity contribution in [1.82, 2.24) is 0 Å². The maximum absolute atomic E-state index is 9.77. The Labute approximate surface area is 45.0 Å². The van der Waals surface area contributed by atoms with Gasteiger partial charge in [0, 0.05) is 4.57 Å². The monoisotopic (exact) mass is 139 g/mol. The normalized spacial score (nSPS) is 12.3. The molecule has 0 aliphatic heterocycles. The first-order valence-corrected chi connectivity index (χ1v) is 5.87. The molecule has 5 heteroatoms. The molecule has 1 atom stereocenters. The zero-order valence-corrected chi connectivity index (χ0v) is 6.34. The molecule has 0 heterocycles. The second-order valence-electron chi connectivity index (χ2n) is 1.39. The van der Waals surface area contributed by atoms with Crippen LogP contribution in [0.1, 0.15) is 0 Å². The highest BCUT2D eigenvalue weighted by molar-refractivity contribution is 7.34. The van der Waals surface area contributed by atoms with Crippen molar-refractivity contribution in [1.29, 1.82) is 0 Å². The number of hydrogen-bond donors (Lipinski definition) is 1. The Morgan fingerprint density at radius 1 is 1.71 bits per heavy atom. The van der Waals surface area contributed by atoms with Crippen LogP contribution in [0.25, 0.3) is 0 Å². The van der Waals surface area contributed by atoms with Gasteiger partial charge in [-0.3, -0.25) is 0 Å². The van der Waals surface area contributed by atoms with E-state index in [0.717, 1.165) is 0 Å². The average Bonchev–Trinajstić information content (AvgIpc) is 1.27. The van der Waals surface area contributed by atoms with E-state index in [1.54, 1.807) is 0 Å². The molecule has 0 aliphatic rings. The van der Waals surface area contributed by atoms with Crippen LogP contribution in [0, 0.1) is 0 Å². The van der Waals surface area contributed by atoms with Crippen molar-refractivity contribution in [3.63, 3.8) is 0 Å². The molecular weight excluding hydrogens is 131 g/mol. The molecule has 0 spiro atoms. The van der Waals surface area contributed by atoms with Crippen LogP contribution in [0.15, 0.2) is 0 Å². The van der Waals surface area contributed by atoms with Gasteiger partial charge < -0.3 is 0 Å². The molecule has 42 valence electrons. The van der Waals surface area contributed by atoms with Crippen LogP contribution >= 0.6 is 8.25 Å². The summed E-state index contributed by atoms with van der Waals surface area (Å²) in [4.78, 5) is 8.04. The lowest BCUT2D eigenvalue weighted by atomic mass is 11.9. The molecule has 0 saturated heterocycles. The van der Waals surface area contributed by atoms with Gasteiger partial charge in [-0.15, -0.1) is 4.89 Å². The summed E-state index contributed by atoms with van der Waals surface area (Å²) in [7, 11) is -3.59. The molecule has 1 unspecified atom stereocenters. The number of hydrogen-bond acceptors (Lipinski definition) is 2. The highest BCUT2D eigenvalue weighted by atomic mass is 31.1. The van der Waals surface area contributed by atoms with Gasteiger partial charge in [-0.2, -0.15) is 4.21 Å². The van der Waals surface area contributed by atoms with Crippen LogP contribution < -0.4 is 0 Å². The summed E-state index contributed by atoms with van der Waals surface area (Å²) >= 11 is 0. The lowest BCUT2D eigenvalue weighted by molar-refractivity contribution is 0.416. The molecule has 3 nitrogen and oxygen atoms in total. The summed E-state index contributed by atoms with van der Waals surface area (Å²) < 4.78 is 14.2. The Hall–Kier alpha value is 0.237. The van der Waals surface area contributed by atoms with Gasteiger partial charge in [0.15, 0.2) is 0 Å². The van der Waals surface area contributed by atoms with E-state index in [2.05, 4.69) is 4.21 Å². The molecule has 0 radical (unpaired) electrons. The molecule has 0 aromatic carbocycles. The molecule has 0 aliphatic carbocycles. The Morgan fingerprint density at radius 3 is 2.14 bits per heavy atom. The highest BCUT2D eigenvalue weighted by Gasteiger charge is 2.14. The van der Waals surface area contributed by atoms with Crippen molar-refractivity contribution < 1.29 is 13.7 Å². The van der Waals surface area contributed by atoms with E-state index in [9.17, 15) is 4.57 Å². The predicted octanol–water partition coefficient (Wildman–Crippen LogP) is 0.636. The fourth-order valence-corrected chi connectivity index (χ4v) is 1.62. The fourth-order valence-electron chi connectivity index (χ4n) is 0.180. The summed E-state index contributed by atoms with van der Waals surface area (Å²) in [6, 6.07) is 0. The van der Waals surface area contributed by atoms with Crippen LogP contribution in [0.5, 0.6) is 0 Å². The molecule has 0 aromatic rings. The second kappa shape index (κ2) is 3.27. The zero-order chi connectivity index (χ0) is 5.86. The Bertz CT molecular complexity index is 73.3. The number of rotatable bonds is 2. The molecular formula is C2H8O3PSi+. The minimum absolute atomic E-state index is 1.26. The third kappa shape index (κ3) is 6.24. The summed E-state index contributed by atoms with van der Waals surface area (Å²) in [6.07, 6.45) is 0. The molecule has 0 amide bonds. The van der Waals surface area contributed by atoms with Crippen molar-refractivity contribution in [3.8, 4) is 0 Å². The summed E-state index contributed by atoms with van der Waals surface area (Å²) in [5.41, 5.74) is 0. The van der Waals surface area contributed by atoms with Crippen LogP contribution in [0.2, 0.25) is 13.1 Å². The average molecular weight is 139 g/mol. The second-order valence-corrected chi connectivity index (χ2v) is 4.81. The molecule has 0 aromatic heterocycles. The van der Waals surface area contributed by atoms with E-state index in [4.69, 9.17) is 4.89 Å². The first-order valence-electron chi connectivity index (χ1n) is 1.96. The minimum atomic E-state index is -2.33. The van der Waals surface area contributed by atoms with Gasteiger partial charge in [-0.1, -0.05) is 0 Å². The maximum Gasteiger partial charge on any atom is 0.682 e. The summed E-state index contributed by atoms with van der Waals surface area (Å²) in [5, 5.41) is 0. The Kier molecular flexibility index (Phi) is 3.38. The summed E-state index contributed by atoms with van der Waals surface area (Å²) in [6.45, 7) is 3.67. The van der Waals surface area contributed by atoms with Crippen molar-refractivity contribution in [2.75, 3.05) is 0 Å². The van der Waals surface area contributed by atoms with Gasteiger partial charge in [0.25, 0.3) is 0 Å². The van der Waals surface area contributed by atoms with E-state index in [0.29, 0.717) is 0 Å². The quantitative estimate of drug-likeness (QED) is 0.451. The largest absolute Gasteiger partial charge is 0.682 e. The van der Waals surface area contributed by atoms with Crippen molar-refractivity contribution >= 4 is 17.3 Å². The topological polar surface area (TPSA) is 46.5 Å². The van der Waals surface area contributed by atoms with E-state index < -0.39 is 17.3 Å². The lowest BCUT2D eigenvalue weighted by Crippen LogP contribution is -1.99. The van der Waals surface area contributed by atoms with Crippen LogP contribution in [-0.4, -0.2) is 13.9 Å². The summed E-state index contributed by atoms with van der Waals surface area (Å²) in [5.74, 6) is 0. The standard InChI is InChI=1S/C2H7O3PSi/c1-7(2)5-6(3)4/h7H,1-2H3/p+1. The third-order valence-electron chi connectivity index (χ3n) is 0.301. The molecule has 0 saturated carbocycles. The fraction of sp³-hybridized carbons (Fsp3) is 1.00. The van der Waals surface area contributed by atoms with E-state index in [1.807, 2.05) is 13.1 Å². The first kappa shape index (κ1) is 7.24. The molecule has 7 heavy (non-hydrogen) atoms. The van der Waals surface area contributed by atoms with Gasteiger partial charge in [0.1, 0.15) is 0 Å².